The lowest BCUT2D eigenvalue weighted by Crippen LogP contribution is -2.43. The third-order valence-corrected chi connectivity index (χ3v) is 2.76. The normalized spacial score (nSPS) is 24.3. The first-order chi connectivity index (χ1) is 7.15. The minimum absolute atomic E-state index is 0.0561. The van der Waals surface area contributed by atoms with Gasteiger partial charge in [-0.1, -0.05) is 6.92 Å². The van der Waals surface area contributed by atoms with Crippen LogP contribution in [0.2, 0.25) is 0 Å². The van der Waals surface area contributed by atoms with Crippen LogP contribution < -0.4 is 11.1 Å². The van der Waals surface area contributed by atoms with Crippen LogP contribution in [0.1, 0.15) is 30.1 Å². The number of nitrogens with two attached hydrogens (primary N) is 1. The van der Waals surface area contributed by atoms with E-state index in [0.717, 1.165) is 18.8 Å². The second-order valence-electron chi connectivity index (χ2n) is 4.22. The van der Waals surface area contributed by atoms with Gasteiger partial charge >= 0.3 is 0 Å². The summed E-state index contributed by atoms with van der Waals surface area (Å²) in [7, 11) is 0. The van der Waals surface area contributed by atoms with Crippen LogP contribution in [-0.4, -0.2) is 16.9 Å². The van der Waals surface area contributed by atoms with Crippen molar-refractivity contribution in [3.05, 3.63) is 23.9 Å². The number of nitrogens with zero attached hydrogens (tertiary/aromatic N) is 1. The molecule has 1 aliphatic carbocycles. The topological polar surface area (TPSA) is 68.0 Å². The summed E-state index contributed by atoms with van der Waals surface area (Å²) in [4.78, 5) is 15.6. The zero-order valence-corrected chi connectivity index (χ0v) is 8.73. The van der Waals surface area contributed by atoms with Gasteiger partial charge in [0.1, 0.15) is 5.82 Å². The van der Waals surface area contributed by atoms with Gasteiger partial charge in [-0.25, -0.2) is 4.98 Å². The maximum Gasteiger partial charge on any atom is 0.253 e. The first kappa shape index (κ1) is 9.96. The number of aromatic nitrogens is 1. The molecule has 0 radical (unpaired) electrons. The summed E-state index contributed by atoms with van der Waals surface area (Å²) in [6, 6.07) is 3.67. The number of nitrogen functional groups attached to an aromatic ring is 1. The van der Waals surface area contributed by atoms with Crippen molar-refractivity contribution in [2.75, 3.05) is 5.73 Å². The van der Waals surface area contributed by atoms with E-state index >= 15 is 0 Å². The number of anilines is 1. The fourth-order valence-corrected chi connectivity index (χ4v) is 1.83. The molecule has 1 aromatic heterocycles. The minimum atomic E-state index is -0.0561. The van der Waals surface area contributed by atoms with E-state index in [1.807, 2.05) is 0 Å². The van der Waals surface area contributed by atoms with Gasteiger partial charge < -0.3 is 11.1 Å². The van der Waals surface area contributed by atoms with Gasteiger partial charge in [0, 0.05) is 12.2 Å². The Kier molecular flexibility index (Phi) is 2.58. The monoisotopic (exact) mass is 205 g/mol. The molecule has 0 aromatic carbocycles. The van der Waals surface area contributed by atoms with E-state index in [0.29, 0.717) is 17.4 Å². The fourth-order valence-electron chi connectivity index (χ4n) is 1.83. The lowest BCUT2D eigenvalue weighted by molar-refractivity contribution is 0.0896. The standard InChI is InChI=1S/C11H15N3O/c1-7-4-9(5-7)14-11(15)8-2-3-10(12)13-6-8/h2-3,6-7,9H,4-5H2,1H3,(H2,12,13)(H,14,15). The molecule has 1 fully saturated rings. The summed E-state index contributed by atoms with van der Waals surface area (Å²) >= 11 is 0. The van der Waals surface area contributed by atoms with Crippen molar-refractivity contribution in [2.45, 2.75) is 25.8 Å². The molecule has 1 aliphatic rings. The molecule has 0 saturated heterocycles. The van der Waals surface area contributed by atoms with Gasteiger partial charge in [-0.05, 0) is 30.9 Å². The van der Waals surface area contributed by atoms with Gasteiger partial charge in [-0.3, -0.25) is 4.79 Å². The van der Waals surface area contributed by atoms with Crippen LogP contribution in [0.4, 0.5) is 5.82 Å². The number of hydrogen-bond acceptors (Lipinski definition) is 3. The van der Waals surface area contributed by atoms with Crippen LogP contribution in [0.25, 0.3) is 0 Å². The molecule has 1 heterocycles. The zero-order chi connectivity index (χ0) is 10.8. The van der Waals surface area contributed by atoms with Crippen molar-refractivity contribution in [3.8, 4) is 0 Å². The van der Waals surface area contributed by atoms with E-state index in [9.17, 15) is 4.79 Å². The van der Waals surface area contributed by atoms with Crippen LogP contribution in [0.15, 0.2) is 18.3 Å². The van der Waals surface area contributed by atoms with Gasteiger partial charge in [0.05, 0.1) is 5.56 Å². The van der Waals surface area contributed by atoms with Crippen LogP contribution in [0, 0.1) is 5.92 Å². The third-order valence-electron chi connectivity index (χ3n) is 2.76. The predicted molar refractivity (Wildman–Crippen MR) is 58.3 cm³/mol. The first-order valence-corrected chi connectivity index (χ1v) is 5.17. The van der Waals surface area contributed by atoms with E-state index in [1.165, 1.54) is 6.20 Å². The molecule has 0 aliphatic heterocycles. The molecule has 80 valence electrons. The maximum atomic E-state index is 11.7. The highest BCUT2D eigenvalue weighted by Crippen LogP contribution is 2.26. The first-order valence-electron chi connectivity index (χ1n) is 5.17. The Morgan fingerprint density at radius 2 is 2.27 bits per heavy atom. The molecule has 2 rings (SSSR count). The quantitative estimate of drug-likeness (QED) is 0.762. The van der Waals surface area contributed by atoms with Crippen molar-refractivity contribution < 1.29 is 4.79 Å². The van der Waals surface area contributed by atoms with Gasteiger partial charge in [-0.2, -0.15) is 0 Å². The zero-order valence-electron chi connectivity index (χ0n) is 8.73. The number of amides is 1. The summed E-state index contributed by atoms with van der Waals surface area (Å²) < 4.78 is 0. The number of rotatable bonds is 2. The molecular formula is C11H15N3O. The highest BCUT2D eigenvalue weighted by molar-refractivity contribution is 5.94. The molecule has 4 heteroatoms. The van der Waals surface area contributed by atoms with Gasteiger partial charge in [0.15, 0.2) is 0 Å². The Bertz CT molecular complexity index is 355. The van der Waals surface area contributed by atoms with Gasteiger partial charge in [-0.15, -0.1) is 0 Å². The minimum Gasteiger partial charge on any atom is -0.384 e. The van der Waals surface area contributed by atoms with E-state index in [2.05, 4.69) is 17.2 Å². The van der Waals surface area contributed by atoms with Crippen molar-refractivity contribution >= 4 is 11.7 Å². The maximum absolute atomic E-state index is 11.7. The fraction of sp³-hybridized carbons (Fsp3) is 0.455. The SMILES string of the molecule is CC1CC(NC(=O)c2ccc(N)nc2)C1. The highest BCUT2D eigenvalue weighted by atomic mass is 16.1. The second-order valence-corrected chi connectivity index (χ2v) is 4.22. The number of nitrogens with one attached hydrogen (secondary N) is 1. The molecular weight excluding hydrogens is 190 g/mol. The molecule has 0 unspecified atom stereocenters. The molecule has 0 spiro atoms. The average molecular weight is 205 g/mol. The van der Waals surface area contributed by atoms with E-state index in [4.69, 9.17) is 5.73 Å². The van der Waals surface area contributed by atoms with Crippen molar-refractivity contribution in [1.29, 1.82) is 0 Å². The van der Waals surface area contributed by atoms with Crippen LogP contribution >= 0.6 is 0 Å². The van der Waals surface area contributed by atoms with Crippen molar-refractivity contribution in [2.24, 2.45) is 5.92 Å². The van der Waals surface area contributed by atoms with E-state index in [-0.39, 0.29) is 5.91 Å². The molecule has 4 nitrogen and oxygen atoms in total. The summed E-state index contributed by atoms with van der Waals surface area (Å²) in [5.41, 5.74) is 6.01. The molecule has 15 heavy (non-hydrogen) atoms. The lowest BCUT2D eigenvalue weighted by Gasteiger charge is -2.33. The van der Waals surface area contributed by atoms with Crippen LogP contribution in [0.3, 0.4) is 0 Å². The Hall–Kier alpha value is -1.58. The van der Waals surface area contributed by atoms with Crippen molar-refractivity contribution in [3.63, 3.8) is 0 Å². The smallest absolute Gasteiger partial charge is 0.253 e. The van der Waals surface area contributed by atoms with Gasteiger partial charge in [0.2, 0.25) is 0 Å². The molecule has 1 saturated carbocycles. The Labute approximate surface area is 88.9 Å². The van der Waals surface area contributed by atoms with Gasteiger partial charge in [0.25, 0.3) is 5.91 Å². The van der Waals surface area contributed by atoms with Crippen LogP contribution in [-0.2, 0) is 0 Å². The molecule has 1 amide bonds. The summed E-state index contributed by atoms with van der Waals surface area (Å²) in [6.45, 7) is 2.19. The third kappa shape index (κ3) is 2.26. The summed E-state index contributed by atoms with van der Waals surface area (Å²) in [5.74, 6) is 1.11. The summed E-state index contributed by atoms with van der Waals surface area (Å²) in [5, 5.41) is 2.96. The van der Waals surface area contributed by atoms with E-state index in [1.54, 1.807) is 12.1 Å². The number of carbonyl (C=O) groups excluding carboxylic acids is 1. The second kappa shape index (κ2) is 3.88. The number of carbonyl (C=O) groups is 1. The van der Waals surface area contributed by atoms with Crippen LogP contribution in [0.5, 0.6) is 0 Å². The highest BCUT2D eigenvalue weighted by Gasteiger charge is 2.26. The largest absolute Gasteiger partial charge is 0.384 e. The molecule has 1 aromatic rings. The lowest BCUT2D eigenvalue weighted by atomic mass is 9.82. The van der Waals surface area contributed by atoms with Crippen molar-refractivity contribution in [1.82, 2.24) is 10.3 Å². The Morgan fingerprint density at radius 1 is 1.53 bits per heavy atom. The average Bonchev–Trinajstić information content (AvgIpc) is 2.16. The predicted octanol–water partition coefficient (Wildman–Crippen LogP) is 1.19. The van der Waals surface area contributed by atoms with E-state index < -0.39 is 0 Å². The molecule has 0 atom stereocenters. The number of hydrogen-bond donors (Lipinski definition) is 2. The Balaban J connectivity index is 1.93. The number of pyridine rings is 1. The molecule has 0 bridgehead atoms. The molecule has 3 N–H and O–H groups in total. The summed E-state index contributed by atoms with van der Waals surface area (Å²) in [6.07, 6.45) is 3.66. The Morgan fingerprint density at radius 3 is 2.80 bits per heavy atom.